The van der Waals surface area contributed by atoms with E-state index in [1.54, 1.807) is 19.1 Å². The van der Waals surface area contributed by atoms with Gasteiger partial charge in [0.2, 0.25) is 21.8 Å². The molecule has 0 aliphatic carbocycles. The van der Waals surface area contributed by atoms with Gasteiger partial charge in [0.1, 0.15) is 12.6 Å². The minimum atomic E-state index is -3.73. The van der Waals surface area contributed by atoms with Crippen molar-refractivity contribution in [2.45, 2.75) is 52.7 Å². The Hall–Kier alpha value is -2.87. The number of carbonyl (C=O) groups is 2. The minimum Gasteiger partial charge on any atom is -0.352 e. The van der Waals surface area contributed by atoms with Crippen molar-refractivity contribution in [1.29, 1.82) is 0 Å². The molecule has 2 amide bonds. The summed E-state index contributed by atoms with van der Waals surface area (Å²) in [5.74, 6) is -0.735. The van der Waals surface area contributed by atoms with Crippen LogP contribution in [0.1, 0.15) is 38.8 Å². The standard InChI is InChI=1S/C24H33N3O4S/c1-6-21-14-10-11-15-22(21)27(32(5,30)31)17-23(28)26(16-20-12-8-7-9-13-20)19(4)24(29)25-18(2)3/h7-15,18-19H,6,16-17H2,1-5H3,(H,25,29)/t19-/m1/s1. The number of hydrogen-bond acceptors (Lipinski definition) is 4. The van der Waals surface area contributed by atoms with Gasteiger partial charge in [0.05, 0.1) is 11.9 Å². The van der Waals surface area contributed by atoms with Gasteiger partial charge >= 0.3 is 0 Å². The lowest BCUT2D eigenvalue weighted by atomic mass is 10.1. The molecule has 2 aromatic rings. The van der Waals surface area contributed by atoms with E-state index in [0.29, 0.717) is 12.1 Å². The predicted molar refractivity (Wildman–Crippen MR) is 128 cm³/mol. The van der Waals surface area contributed by atoms with E-state index in [2.05, 4.69) is 5.32 Å². The van der Waals surface area contributed by atoms with Gasteiger partial charge in [-0.1, -0.05) is 55.5 Å². The van der Waals surface area contributed by atoms with Crippen LogP contribution >= 0.6 is 0 Å². The van der Waals surface area contributed by atoms with Crippen molar-refractivity contribution in [2.75, 3.05) is 17.1 Å². The number of nitrogens with zero attached hydrogens (tertiary/aromatic N) is 2. The molecule has 0 bridgehead atoms. The summed E-state index contributed by atoms with van der Waals surface area (Å²) < 4.78 is 26.4. The first kappa shape index (κ1) is 25.4. The summed E-state index contributed by atoms with van der Waals surface area (Å²) in [7, 11) is -3.73. The van der Waals surface area contributed by atoms with Crippen molar-refractivity contribution in [3.8, 4) is 0 Å². The Kier molecular flexibility index (Phi) is 8.83. The second kappa shape index (κ2) is 11.1. The molecule has 0 radical (unpaired) electrons. The van der Waals surface area contributed by atoms with E-state index < -0.39 is 22.0 Å². The zero-order chi connectivity index (χ0) is 23.9. The van der Waals surface area contributed by atoms with Gasteiger partial charge in [0.25, 0.3) is 0 Å². The molecule has 0 aliphatic rings. The molecule has 7 nitrogen and oxygen atoms in total. The van der Waals surface area contributed by atoms with Crippen LogP contribution in [-0.2, 0) is 32.6 Å². The number of amides is 2. The molecule has 0 heterocycles. The lowest BCUT2D eigenvalue weighted by Gasteiger charge is -2.32. The first-order valence-corrected chi connectivity index (χ1v) is 12.6. The summed E-state index contributed by atoms with van der Waals surface area (Å²) in [5, 5.41) is 2.83. The molecule has 2 rings (SSSR count). The first-order chi connectivity index (χ1) is 15.0. The molecule has 0 unspecified atom stereocenters. The highest BCUT2D eigenvalue weighted by molar-refractivity contribution is 7.92. The Morgan fingerprint density at radius 2 is 1.56 bits per heavy atom. The molecule has 1 atom stereocenters. The largest absolute Gasteiger partial charge is 0.352 e. The second-order valence-electron chi connectivity index (χ2n) is 8.10. The molecule has 0 saturated carbocycles. The fourth-order valence-electron chi connectivity index (χ4n) is 3.42. The number of nitrogens with one attached hydrogen (secondary N) is 1. The van der Waals surface area contributed by atoms with Crippen molar-refractivity contribution in [3.05, 3.63) is 65.7 Å². The van der Waals surface area contributed by atoms with E-state index in [1.165, 1.54) is 4.90 Å². The van der Waals surface area contributed by atoms with Crippen molar-refractivity contribution >= 4 is 27.5 Å². The van der Waals surface area contributed by atoms with Crippen molar-refractivity contribution in [2.24, 2.45) is 0 Å². The Labute approximate surface area is 191 Å². The number of benzene rings is 2. The zero-order valence-corrected chi connectivity index (χ0v) is 20.2. The quantitative estimate of drug-likeness (QED) is 0.592. The molecule has 0 fully saturated rings. The molecule has 0 aromatic heterocycles. The van der Waals surface area contributed by atoms with Gasteiger partial charge in [-0.3, -0.25) is 13.9 Å². The molecule has 32 heavy (non-hydrogen) atoms. The summed E-state index contributed by atoms with van der Waals surface area (Å²) in [6.07, 6.45) is 1.71. The van der Waals surface area contributed by atoms with E-state index in [1.807, 2.05) is 63.2 Å². The SMILES string of the molecule is CCc1ccccc1N(CC(=O)N(Cc1ccccc1)[C@H](C)C(=O)NC(C)C)S(C)(=O)=O. The van der Waals surface area contributed by atoms with Crippen LogP contribution in [0.3, 0.4) is 0 Å². The third kappa shape index (κ3) is 6.82. The van der Waals surface area contributed by atoms with Crippen LogP contribution in [-0.4, -0.2) is 50.0 Å². The van der Waals surface area contributed by atoms with Gasteiger partial charge in [-0.05, 0) is 44.4 Å². The fraction of sp³-hybridized carbons (Fsp3) is 0.417. The Morgan fingerprint density at radius 1 is 0.969 bits per heavy atom. The van der Waals surface area contributed by atoms with Crippen molar-refractivity contribution in [3.63, 3.8) is 0 Å². The molecule has 174 valence electrons. The summed E-state index contributed by atoms with van der Waals surface area (Å²) in [4.78, 5) is 27.6. The topological polar surface area (TPSA) is 86.8 Å². The number of hydrogen-bond donors (Lipinski definition) is 1. The van der Waals surface area contributed by atoms with Gasteiger partial charge in [-0.25, -0.2) is 8.42 Å². The summed E-state index contributed by atoms with van der Waals surface area (Å²) in [6, 6.07) is 15.6. The lowest BCUT2D eigenvalue weighted by molar-refractivity contribution is -0.139. The highest BCUT2D eigenvalue weighted by Crippen LogP contribution is 2.24. The third-order valence-corrected chi connectivity index (χ3v) is 6.24. The number of para-hydroxylation sites is 1. The monoisotopic (exact) mass is 459 g/mol. The van der Waals surface area contributed by atoms with E-state index in [-0.39, 0.29) is 25.0 Å². The third-order valence-electron chi connectivity index (χ3n) is 5.11. The maximum Gasteiger partial charge on any atom is 0.244 e. The lowest BCUT2D eigenvalue weighted by Crippen LogP contribution is -2.52. The van der Waals surface area contributed by atoms with E-state index in [0.717, 1.165) is 21.7 Å². The number of sulfonamides is 1. The first-order valence-electron chi connectivity index (χ1n) is 10.7. The number of aryl methyl sites for hydroxylation is 1. The van der Waals surface area contributed by atoms with Crippen LogP contribution in [0.4, 0.5) is 5.69 Å². The van der Waals surface area contributed by atoms with Crippen LogP contribution in [0.5, 0.6) is 0 Å². The Morgan fingerprint density at radius 3 is 2.12 bits per heavy atom. The van der Waals surface area contributed by atoms with E-state index in [9.17, 15) is 18.0 Å². The number of anilines is 1. The van der Waals surface area contributed by atoms with Gasteiger partial charge in [0, 0.05) is 12.6 Å². The highest BCUT2D eigenvalue weighted by Gasteiger charge is 2.30. The summed E-state index contributed by atoms with van der Waals surface area (Å²) in [6.45, 7) is 7.09. The molecule has 1 N–H and O–H groups in total. The minimum absolute atomic E-state index is 0.0809. The highest BCUT2D eigenvalue weighted by atomic mass is 32.2. The van der Waals surface area contributed by atoms with Gasteiger partial charge in [-0.15, -0.1) is 0 Å². The Balaban J connectivity index is 2.40. The predicted octanol–water partition coefficient (Wildman–Crippen LogP) is 2.96. The van der Waals surface area contributed by atoms with Gasteiger partial charge < -0.3 is 10.2 Å². The normalized spacial score (nSPS) is 12.3. The molecule has 2 aromatic carbocycles. The molecular formula is C24H33N3O4S. The fourth-order valence-corrected chi connectivity index (χ4v) is 4.30. The van der Waals surface area contributed by atoms with Crippen LogP contribution in [0.15, 0.2) is 54.6 Å². The molecule has 0 aliphatic heterocycles. The van der Waals surface area contributed by atoms with Crippen molar-refractivity contribution in [1.82, 2.24) is 10.2 Å². The average molecular weight is 460 g/mol. The molecular weight excluding hydrogens is 426 g/mol. The Bertz CT molecular complexity index is 1020. The molecule has 0 spiro atoms. The van der Waals surface area contributed by atoms with Crippen LogP contribution in [0.2, 0.25) is 0 Å². The number of carbonyl (C=O) groups excluding carboxylic acids is 2. The number of rotatable bonds is 10. The van der Waals surface area contributed by atoms with Gasteiger partial charge in [-0.2, -0.15) is 0 Å². The maximum atomic E-state index is 13.4. The van der Waals surface area contributed by atoms with Crippen LogP contribution in [0, 0.1) is 0 Å². The van der Waals surface area contributed by atoms with Gasteiger partial charge in [0.15, 0.2) is 0 Å². The smallest absolute Gasteiger partial charge is 0.244 e. The van der Waals surface area contributed by atoms with Crippen LogP contribution < -0.4 is 9.62 Å². The van der Waals surface area contributed by atoms with E-state index in [4.69, 9.17) is 0 Å². The zero-order valence-electron chi connectivity index (χ0n) is 19.4. The summed E-state index contributed by atoms with van der Waals surface area (Å²) >= 11 is 0. The maximum absolute atomic E-state index is 13.4. The second-order valence-corrected chi connectivity index (χ2v) is 10.0. The van der Waals surface area contributed by atoms with E-state index >= 15 is 0 Å². The average Bonchev–Trinajstić information content (AvgIpc) is 2.74. The molecule has 8 heteroatoms. The summed E-state index contributed by atoms with van der Waals surface area (Å²) in [5.41, 5.74) is 2.15. The molecule has 0 saturated heterocycles. The van der Waals surface area contributed by atoms with Crippen LogP contribution in [0.25, 0.3) is 0 Å². The van der Waals surface area contributed by atoms with Crippen molar-refractivity contribution < 1.29 is 18.0 Å².